The summed E-state index contributed by atoms with van der Waals surface area (Å²) in [6.45, 7) is 0. The molecule has 0 radical (unpaired) electrons. The Morgan fingerprint density at radius 2 is 1.28 bits per heavy atom. The number of aromatic nitrogens is 2. The summed E-state index contributed by atoms with van der Waals surface area (Å²) in [7, 11) is 0. The van der Waals surface area contributed by atoms with Crippen molar-refractivity contribution in [3.05, 3.63) is 17.7 Å². The molecule has 14 nitrogen and oxygen atoms in total. The van der Waals surface area contributed by atoms with E-state index in [0.29, 0.717) is 0 Å². The van der Waals surface area contributed by atoms with Crippen molar-refractivity contribution in [2.75, 3.05) is 0 Å². The minimum atomic E-state index is -1.56. The Morgan fingerprint density at radius 1 is 0.828 bits per heavy atom. The van der Waals surface area contributed by atoms with Gasteiger partial charge in [-0.3, -0.25) is 19.2 Å². The third-order valence-corrected chi connectivity index (χ3v) is 3.58. The summed E-state index contributed by atoms with van der Waals surface area (Å²) in [6, 6.07) is -3.12. The Hall–Kier alpha value is -3.97. The predicted octanol–water partition coefficient (Wildman–Crippen LogP) is -1.49. The van der Waals surface area contributed by atoms with Crippen LogP contribution in [0.15, 0.2) is 6.33 Å². The molecule has 0 saturated carbocycles. The zero-order valence-electron chi connectivity index (χ0n) is 14.7. The highest BCUT2D eigenvalue weighted by Gasteiger charge is 2.28. The van der Waals surface area contributed by atoms with Crippen molar-refractivity contribution in [3.8, 4) is 0 Å². The van der Waals surface area contributed by atoms with Crippen molar-refractivity contribution in [1.29, 1.82) is 0 Å². The van der Waals surface area contributed by atoms with Crippen LogP contribution in [0.4, 0.5) is 0 Å². The maximum absolute atomic E-state index is 12.3. The predicted molar refractivity (Wildman–Crippen MR) is 90.1 cm³/mol. The average molecular weight is 414 g/mol. The minimum absolute atomic E-state index is 0.414. The molecule has 0 bridgehead atoms. The van der Waals surface area contributed by atoms with Crippen molar-refractivity contribution in [2.24, 2.45) is 0 Å². The Kier molecular flexibility index (Phi) is 8.26. The Labute approximate surface area is 161 Å². The summed E-state index contributed by atoms with van der Waals surface area (Å²) in [4.78, 5) is 73.9. The number of carboxylic acids is 4. The van der Waals surface area contributed by atoms with Crippen LogP contribution in [0.5, 0.6) is 0 Å². The molecule has 1 aromatic heterocycles. The van der Waals surface area contributed by atoms with Crippen molar-refractivity contribution in [2.45, 2.75) is 37.8 Å². The van der Waals surface area contributed by atoms with E-state index in [1.54, 1.807) is 0 Å². The second kappa shape index (κ2) is 10.4. The first-order valence-corrected chi connectivity index (χ1v) is 8.07. The fraction of sp³-hybridized carbons (Fsp3) is 0.400. The van der Waals surface area contributed by atoms with Crippen LogP contribution in [-0.2, 0) is 19.2 Å². The van der Waals surface area contributed by atoms with Gasteiger partial charge < -0.3 is 36.0 Å². The number of imidazole rings is 1. The lowest BCUT2D eigenvalue weighted by atomic mass is 10.1. The maximum atomic E-state index is 12.3. The van der Waals surface area contributed by atoms with E-state index in [9.17, 15) is 28.8 Å². The number of nitrogens with one attached hydrogen (secondary N) is 3. The first-order valence-electron chi connectivity index (χ1n) is 8.07. The number of carbonyl (C=O) groups excluding carboxylic acids is 2. The molecule has 0 aliphatic rings. The number of aromatic amines is 1. The largest absolute Gasteiger partial charge is 0.481 e. The fourth-order valence-electron chi connectivity index (χ4n) is 2.15. The topological polar surface area (TPSA) is 236 Å². The SMILES string of the molecule is O=C(O)CC[C@H](NC(=O)c1nc[nH]c1C(=O)N[C@@H](CCC(=O)O)C(=O)O)C(=O)O. The van der Waals surface area contributed by atoms with Gasteiger partial charge in [-0.15, -0.1) is 0 Å². The number of hydrogen-bond donors (Lipinski definition) is 7. The molecule has 2 amide bonds. The molecule has 158 valence electrons. The lowest BCUT2D eigenvalue weighted by Crippen LogP contribution is -2.44. The summed E-state index contributed by atoms with van der Waals surface area (Å²) in [6.07, 6.45) is -0.961. The monoisotopic (exact) mass is 414 g/mol. The number of hydrogen-bond acceptors (Lipinski definition) is 7. The van der Waals surface area contributed by atoms with Crippen LogP contribution in [0.3, 0.4) is 0 Å². The first-order chi connectivity index (χ1) is 13.5. The lowest BCUT2D eigenvalue weighted by Gasteiger charge is -2.15. The van der Waals surface area contributed by atoms with Gasteiger partial charge in [0.1, 0.15) is 17.8 Å². The summed E-state index contributed by atoms with van der Waals surface area (Å²) in [5.41, 5.74) is -1.03. The second-order valence-electron chi connectivity index (χ2n) is 5.72. The van der Waals surface area contributed by atoms with Gasteiger partial charge in [-0.05, 0) is 12.8 Å². The molecule has 29 heavy (non-hydrogen) atoms. The van der Waals surface area contributed by atoms with Crippen LogP contribution in [0, 0.1) is 0 Å². The minimum Gasteiger partial charge on any atom is -0.481 e. The highest BCUT2D eigenvalue weighted by molar-refractivity contribution is 6.06. The highest BCUT2D eigenvalue weighted by Crippen LogP contribution is 2.07. The number of amides is 2. The molecule has 1 aromatic rings. The Bertz CT molecular complexity index is 753. The molecule has 0 aromatic carbocycles. The number of H-pyrrole nitrogens is 1. The number of nitrogens with zero attached hydrogens (tertiary/aromatic N) is 1. The molecular formula is C15H18N4O10. The number of carbonyl (C=O) groups is 6. The van der Waals surface area contributed by atoms with Gasteiger partial charge in [0.25, 0.3) is 11.8 Å². The smallest absolute Gasteiger partial charge is 0.326 e. The lowest BCUT2D eigenvalue weighted by molar-refractivity contribution is -0.142. The van der Waals surface area contributed by atoms with Crippen molar-refractivity contribution in [3.63, 3.8) is 0 Å². The van der Waals surface area contributed by atoms with E-state index >= 15 is 0 Å². The van der Waals surface area contributed by atoms with Crippen LogP contribution in [0.1, 0.15) is 46.7 Å². The van der Waals surface area contributed by atoms with E-state index in [2.05, 4.69) is 9.97 Å². The average Bonchev–Trinajstić information content (AvgIpc) is 3.10. The van der Waals surface area contributed by atoms with E-state index in [4.69, 9.17) is 20.4 Å². The van der Waals surface area contributed by atoms with E-state index in [1.165, 1.54) is 0 Å². The number of rotatable bonds is 12. The second-order valence-corrected chi connectivity index (χ2v) is 5.72. The molecular weight excluding hydrogens is 396 g/mol. The van der Waals surface area contributed by atoms with Gasteiger partial charge in [-0.1, -0.05) is 0 Å². The summed E-state index contributed by atoms with van der Waals surface area (Å²) < 4.78 is 0. The first kappa shape index (κ1) is 23.1. The molecule has 0 spiro atoms. The van der Waals surface area contributed by atoms with Gasteiger partial charge in [0.05, 0.1) is 6.33 Å². The Morgan fingerprint density at radius 3 is 1.69 bits per heavy atom. The van der Waals surface area contributed by atoms with Crippen LogP contribution in [-0.4, -0.2) is 78.2 Å². The van der Waals surface area contributed by atoms with Crippen molar-refractivity contribution >= 4 is 35.7 Å². The van der Waals surface area contributed by atoms with Gasteiger partial charge >= 0.3 is 23.9 Å². The fourth-order valence-corrected chi connectivity index (χ4v) is 2.15. The molecule has 0 aliphatic heterocycles. The Balaban J connectivity index is 2.90. The van der Waals surface area contributed by atoms with Crippen LogP contribution >= 0.6 is 0 Å². The quantitative estimate of drug-likeness (QED) is 0.208. The molecule has 0 aliphatic carbocycles. The zero-order valence-corrected chi connectivity index (χ0v) is 14.7. The molecule has 2 atom stereocenters. The van der Waals surface area contributed by atoms with Gasteiger partial charge in [0.15, 0.2) is 5.69 Å². The van der Waals surface area contributed by atoms with Gasteiger partial charge in [-0.25, -0.2) is 14.6 Å². The van der Waals surface area contributed by atoms with Crippen LogP contribution in [0.25, 0.3) is 0 Å². The van der Waals surface area contributed by atoms with Crippen LogP contribution in [0.2, 0.25) is 0 Å². The highest BCUT2D eigenvalue weighted by atomic mass is 16.4. The van der Waals surface area contributed by atoms with Crippen molar-refractivity contribution in [1.82, 2.24) is 20.6 Å². The summed E-state index contributed by atoms with van der Waals surface area (Å²) >= 11 is 0. The zero-order chi connectivity index (χ0) is 22.1. The third kappa shape index (κ3) is 7.28. The number of carboxylic acid groups (broad SMARTS) is 4. The van der Waals surface area contributed by atoms with Crippen molar-refractivity contribution < 1.29 is 49.2 Å². The number of aliphatic carboxylic acids is 4. The molecule has 14 heteroatoms. The molecule has 1 rings (SSSR count). The normalized spacial score (nSPS) is 12.4. The molecule has 0 saturated heterocycles. The van der Waals surface area contributed by atoms with Crippen LogP contribution < -0.4 is 10.6 Å². The van der Waals surface area contributed by atoms with E-state index in [1.807, 2.05) is 10.6 Å². The van der Waals surface area contributed by atoms with Gasteiger partial charge in [0, 0.05) is 12.8 Å². The van der Waals surface area contributed by atoms with Gasteiger partial charge in [-0.2, -0.15) is 0 Å². The molecule has 0 fully saturated rings. The van der Waals surface area contributed by atoms with E-state index in [-0.39, 0.29) is 0 Å². The maximum Gasteiger partial charge on any atom is 0.326 e. The molecule has 0 unspecified atom stereocenters. The standard InChI is InChI=1S/C15H18N4O10/c20-8(21)3-1-6(14(26)27)18-12(24)10-11(17-5-16-10)13(25)19-7(15(28)29)2-4-9(22)23/h5-7H,1-4H2,(H,16,17)(H,18,24)(H,19,25)(H,20,21)(H,22,23)(H,26,27)(H,28,29)/t6-,7-/m0/s1. The molecule has 1 heterocycles. The summed E-state index contributed by atoms with van der Waals surface area (Å²) in [5, 5.41) is 39.5. The van der Waals surface area contributed by atoms with E-state index in [0.717, 1.165) is 6.33 Å². The summed E-state index contributed by atoms with van der Waals surface area (Å²) in [5.74, 6) is -7.72. The van der Waals surface area contributed by atoms with Gasteiger partial charge in [0.2, 0.25) is 0 Å². The third-order valence-electron chi connectivity index (χ3n) is 3.58. The molecule has 7 N–H and O–H groups in total. The van der Waals surface area contributed by atoms with E-state index < -0.39 is 84.8 Å².